The number of rotatable bonds is 5. The fraction of sp³-hybridized carbons (Fsp3) is 0.438. The number of aromatic nitrogens is 2. The van der Waals surface area contributed by atoms with Gasteiger partial charge in [0.1, 0.15) is 0 Å². The minimum absolute atomic E-state index is 0. The van der Waals surface area contributed by atoms with E-state index >= 15 is 0 Å². The average molecular weight is 309 g/mol. The molecule has 2 rings (SSSR count). The fourth-order valence-electron chi connectivity index (χ4n) is 2.26. The lowest BCUT2D eigenvalue weighted by atomic mass is 9.99. The van der Waals surface area contributed by atoms with Gasteiger partial charge < -0.3 is 5.73 Å². The largest absolute Gasteiger partial charge is 0.329 e. The molecular formula is C16H25ClN4. The summed E-state index contributed by atoms with van der Waals surface area (Å²) in [5.41, 5.74) is 10.8. The molecule has 0 spiro atoms. The predicted molar refractivity (Wildman–Crippen MR) is 90.6 cm³/mol. The van der Waals surface area contributed by atoms with Crippen molar-refractivity contribution in [3.63, 3.8) is 0 Å². The monoisotopic (exact) mass is 308 g/mol. The van der Waals surface area contributed by atoms with Gasteiger partial charge in [-0.1, -0.05) is 23.8 Å². The second-order valence-corrected chi connectivity index (χ2v) is 5.56. The molecule has 1 unspecified atom stereocenters. The minimum Gasteiger partial charge on any atom is -0.329 e. The molecule has 0 bridgehead atoms. The lowest BCUT2D eigenvalue weighted by molar-refractivity contribution is 0.255. The van der Waals surface area contributed by atoms with Crippen molar-refractivity contribution in [1.29, 1.82) is 0 Å². The maximum atomic E-state index is 5.75. The zero-order chi connectivity index (χ0) is 14.7. The van der Waals surface area contributed by atoms with Gasteiger partial charge in [0.25, 0.3) is 0 Å². The molecule has 5 heteroatoms. The number of halogens is 1. The summed E-state index contributed by atoms with van der Waals surface area (Å²) in [6, 6.07) is 6.97. The normalized spacial score (nSPS) is 12.3. The third-order valence-corrected chi connectivity index (χ3v) is 3.79. The Bertz CT molecular complexity index is 579. The summed E-state index contributed by atoms with van der Waals surface area (Å²) in [6.07, 6.45) is 3.98. The van der Waals surface area contributed by atoms with Gasteiger partial charge in [-0.3, -0.25) is 9.58 Å². The van der Waals surface area contributed by atoms with E-state index in [9.17, 15) is 0 Å². The van der Waals surface area contributed by atoms with Crippen LogP contribution in [0, 0.1) is 6.92 Å². The molecule has 1 heterocycles. The highest BCUT2D eigenvalue weighted by Gasteiger charge is 2.12. The minimum atomic E-state index is 0. The van der Waals surface area contributed by atoms with Crippen LogP contribution in [0.4, 0.5) is 0 Å². The lowest BCUT2D eigenvalue weighted by Gasteiger charge is -2.24. The van der Waals surface area contributed by atoms with E-state index in [1.54, 1.807) is 0 Å². The van der Waals surface area contributed by atoms with Crippen molar-refractivity contribution >= 4 is 12.4 Å². The van der Waals surface area contributed by atoms with Gasteiger partial charge in [0.05, 0.1) is 6.20 Å². The SMILES string of the molecule is Cc1ccc(CN(C)C(C)CN)c(-c2cnn(C)c2)c1.Cl. The molecule has 0 saturated heterocycles. The Morgan fingerprint density at radius 2 is 2.10 bits per heavy atom. The van der Waals surface area contributed by atoms with Gasteiger partial charge in [0.2, 0.25) is 0 Å². The molecular weight excluding hydrogens is 284 g/mol. The first-order chi connectivity index (χ1) is 9.51. The molecule has 116 valence electrons. The van der Waals surface area contributed by atoms with Gasteiger partial charge in [0.15, 0.2) is 0 Å². The molecule has 0 saturated carbocycles. The molecule has 2 aromatic rings. The summed E-state index contributed by atoms with van der Waals surface area (Å²) in [5, 5.41) is 4.28. The van der Waals surface area contributed by atoms with Crippen LogP contribution in [0.25, 0.3) is 11.1 Å². The third kappa shape index (κ3) is 4.30. The maximum absolute atomic E-state index is 5.75. The summed E-state index contributed by atoms with van der Waals surface area (Å²) < 4.78 is 1.84. The Kier molecular flexibility index (Phi) is 6.40. The highest BCUT2D eigenvalue weighted by Crippen LogP contribution is 2.25. The van der Waals surface area contributed by atoms with Crippen molar-refractivity contribution < 1.29 is 0 Å². The summed E-state index contributed by atoms with van der Waals surface area (Å²) >= 11 is 0. The Labute approximate surface area is 133 Å². The van der Waals surface area contributed by atoms with E-state index in [2.05, 4.69) is 55.3 Å². The van der Waals surface area contributed by atoms with Gasteiger partial charge >= 0.3 is 0 Å². The lowest BCUT2D eigenvalue weighted by Crippen LogP contribution is -2.34. The van der Waals surface area contributed by atoms with Crippen LogP contribution in [-0.4, -0.2) is 34.3 Å². The van der Waals surface area contributed by atoms with Crippen LogP contribution in [0.2, 0.25) is 0 Å². The second-order valence-electron chi connectivity index (χ2n) is 5.56. The zero-order valence-electron chi connectivity index (χ0n) is 13.2. The van der Waals surface area contributed by atoms with Gasteiger partial charge in [0, 0.05) is 37.9 Å². The molecule has 0 aliphatic heterocycles. The molecule has 0 radical (unpaired) electrons. The molecule has 4 nitrogen and oxygen atoms in total. The van der Waals surface area contributed by atoms with E-state index in [-0.39, 0.29) is 12.4 Å². The van der Waals surface area contributed by atoms with Crippen molar-refractivity contribution in [1.82, 2.24) is 14.7 Å². The second kappa shape index (κ2) is 7.59. The summed E-state index contributed by atoms with van der Waals surface area (Å²) in [4.78, 5) is 2.28. The zero-order valence-corrected chi connectivity index (χ0v) is 14.0. The van der Waals surface area contributed by atoms with Gasteiger partial charge in [-0.25, -0.2) is 0 Å². The van der Waals surface area contributed by atoms with Gasteiger partial charge in [-0.15, -0.1) is 12.4 Å². The Morgan fingerprint density at radius 3 is 2.67 bits per heavy atom. The topological polar surface area (TPSA) is 47.1 Å². The molecule has 2 N–H and O–H groups in total. The molecule has 0 aliphatic rings. The highest BCUT2D eigenvalue weighted by atomic mass is 35.5. The summed E-state index contributed by atoms with van der Waals surface area (Å²) in [6.45, 7) is 5.83. The molecule has 1 atom stereocenters. The van der Waals surface area contributed by atoms with E-state index < -0.39 is 0 Å². The summed E-state index contributed by atoms with van der Waals surface area (Å²) in [5.74, 6) is 0. The van der Waals surface area contributed by atoms with Crippen LogP contribution in [0.3, 0.4) is 0 Å². The Balaban J connectivity index is 0.00000220. The van der Waals surface area contributed by atoms with Crippen LogP contribution < -0.4 is 5.73 Å². The van der Waals surface area contributed by atoms with Crippen molar-refractivity contribution in [2.45, 2.75) is 26.4 Å². The number of nitrogens with zero attached hydrogens (tertiary/aromatic N) is 3. The van der Waals surface area contributed by atoms with E-state index in [0.29, 0.717) is 12.6 Å². The average Bonchev–Trinajstić information content (AvgIpc) is 2.86. The van der Waals surface area contributed by atoms with E-state index in [1.165, 1.54) is 22.3 Å². The quantitative estimate of drug-likeness (QED) is 0.923. The van der Waals surface area contributed by atoms with E-state index in [0.717, 1.165) is 6.54 Å². The molecule has 1 aromatic heterocycles. The highest BCUT2D eigenvalue weighted by molar-refractivity contribution is 5.85. The first-order valence-corrected chi connectivity index (χ1v) is 7.00. The number of likely N-dealkylation sites (N-methyl/N-ethyl adjacent to an activating group) is 1. The molecule has 0 fully saturated rings. The Hall–Kier alpha value is -1.36. The van der Waals surface area contributed by atoms with Crippen LogP contribution in [-0.2, 0) is 13.6 Å². The van der Waals surface area contributed by atoms with Crippen LogP contribution in [0.5, 0.6) is 0 Å². The molecule has 0 aliphatic carbocycles. The van der Waals surface area contributed by atoms with Gasteiger partial charge in [-0.2, -0.15) is 5.10 Å². The third-order valence-electron chi connectivity index (χ3n) is 3.79. The maximum Gasteiger partial charge on any atom is 0.0568 e. The Morgan fingerprint density at radius 1 is 1.38 bits per heavy atom. The predicted octanol–water partition coefficient (Wildman–Crippen LogP) is 2.60. The van der Waals surface area contributed by atoms with Crippen molar-refractivity contribution in [2.75, 3.05) is 13.6 Å². The molecule has 1 aromatic carbocycles. The van der Waals surface area contributed by atoms with Crippen molar-refractivity contribution in [3.8, 4) is 11.1 Å². The number of nitrogens with two attached hydrogens (primary N) is 1. The summed E-state index contributed by atoms with van der Waals surface area (Å²) in [7, 11) is 4.06. The first kappa shape index (κ1) is 17.7. The molecule has 0 amide bonds. The first-order valence-electron chi connectivity index (χ1n) is 7.00. The fourth-order valence-corrected chi connectivity index (χ4v) is 2.26. The number of hydrogen-bond acceptors (Lipinski definition) is 3. The van der Waals surface area contributed by atoms with Crippen LogP contribution in [0.15, 0.2) is 30.6 Å². The van der Waals surface area contributed by atoms with Crippen molar-refractivity contribution in [3.05, 3.63) is 41.7 Å². The van der Waals surface area contributed by atoms with E-state index in [1.807, 2.05) is 17.9 Å². The van der Waals surface area contributed by atoms with E-state index in [4.69, 9.17) is 5.73 Å². The standard InChI is InChI=1S/C16H24N4.ClH/c1-12-5-6-14(10-19(3)13(2)8-17)16(7-12)15-9-18-20(4)11-15;/h5-7,9,11,13H,8,10,17H2,1-4H3;1H. The van der Waals surface area contributed by atoms with Crippen molar-refractivity contribution in [2.24, 2.45) is 12.8 Å². The number of aryl methyl sites for hydroxylation is 2. The van der Waals surface area contributed by atoms with Crippen LogP contribution in [0.1, 0.15) is 18.1 Å². The smallest absolute Gasteiger partial charge is 0.0568 e. The number of hydrogen-bond donors (Lipinski definition) is 1. The number of benzene rings is 1. The molecule has 21 heavy (non-hydrogen) atoms. The van der Waals surface area contributed by atoms with Crippen LogP contribution >= 0.6 is 12.4 Å². The van der Waals surface area contributed by atoms with Gasteiger partial charge in [-0.05, 0) is 32.0 Å².